The lowest BCUT2D eigenvalue weighted by Gasteiger charge is -2.23. The van der Waals surface area contributed by atoms with Crippen molar-refractivity contribution >= 4 is 6.09 Å². The van der Waals surface area contributed by atoms with Crippen LogP contribution in [0.3, 0.4) is 0 Å². The van der Waals surface area contributed by atoms with E-state index in [9.17, 15) is 4.79 Å². The Hall–Kier alpha value is -2.29. The predicted molar refractivity (Wildman–Crippen MR) is 108 cm³/mol. The number of nitrogens with one attached hydrogen (secondary N) is 1. The summed E-state index contributed by atoms with van der Waals surface area (Å²) in [4.78, 5) is 12.2. The molecule has 3 heteroatoms. The normalized spacial score (nSPS) is 16.9. The maximum Gasteiger partial charge on any atom is 0.412 e. The molecule has 0 spiro atoms. The summed E-state index contributed by atoms with van der Waals surface area (Å²) in [6.07, 6.45) is 12.2. The second-order valence-corrected chi connectivity index (χ2v) is 7.69. The molecule has 0 bridgehead atoms. The van der Waals surface area contributed by atoms with Crippen molar-refractivity contribution in [3.05, 3.63) is 71.5 Å². The Bertz CT molecular complexity index is 678. The van der Waals surface area contributed by atoms with E-state index in [4.69, 9.17) is 4.74 Å². The molecule has 1 atom stereocenters. The number of unbranched alkanes of at least 4 members (excludes halogenated alkanes) is 1. The number of alkyl carbamates (subject to hydrolysis) is 1. The lowest BCUT2D eigenvalue weighted by atomic mass is 9.89. The van der Waals surface area contributed by atoms with E-state index < -0.39 is 11.7 Å². The highest BCUT2D eigenvalue weighted by Crippen LogP contribution is 2.29. The summed E-state index contributed by atoms with van der Waals surface area (Å²) < 4.78 is 5.40. The van der Waals surface area contributed by atoms with Crippen LogP contribution in [0.4, 0.5) is 4.79 Å². The first-order valence-electron chi connectivity index (χ1n) is 9.52. The zero-order valence-corrected chi connectivity index (χ0v) is 16.4. The van der Waals surface area contributed by atoms with Gasteiger partial charge in [0, 0.05) is 11.6 Å². The molecule has 0 aliphatic heterocycles. The second kappa shape index (κ2) is 9.42. The van der Waals surface area contributed by atoms with E-state index in [1.165, 1.54) is 18.4 Å². The number of hydrogen-bond acceptors (Lipinski definition) is 2. The standard InChI is InChI=1S/C23H31NO2/c1-5-6-12-19(18-13-8-7-9-14-18)17-20-15-10-11-16-21(20)24-22(25)26-23(2,3)4/h7-11,13-14,16-17,19H,5-6,12,15H2,1-4H3,(H,24,25). The third-order valence-corrected chi connectivity index (χ3v) is 4.22. The van der Waals surface area contributed by atoms with Gasteiger partial charge >= 0.3 is 6.09 Å². The van der Waals surface area contributed by atoms with Crippen LogP contribution in [0.25, 0.3) is 0 Å². The van der Waals surface area contributed by atoms with Gasteiger partial charge in [0.2, 0.25) is 0 Å². The van der Waals surface area contributed by atoms with Crippen LogP contribution in [0.1, 0.15) is 64.9 Å². The van der Waals surface area contributed by atoms with Crippen molar-refractivity contribution in [1.82, 2.24) is 5.32 Å². The maximum absolute atomic E-state index is 12.2. The molecule has 2 rings (SSSR count). The Kier molecular flexibility index (Phi) is 7.26. The molecule has 26 heavy (non-hydrogen) atoms. The minimum Gasteiger partial charge on any atom is -0.444 e. The van der Waals surface area contributed by atoms with Gasteiger partial charge in [0.1, 0.15) is 5.60 Å². The zero-order chi connectivity index (χ0) is 19.0. The van der Waals surface area contributed by atoms with Crippen LogP contribution >= 0.6 is 0 Å². The van der Waals surface area contributed by atoms with E-state index in [1.807, 2.05) is 39.0 Å². The monoisotopic (exact) mass is 353 g/mol. The minimum atomic E-state index is -0.507. The molecule has 0 heterocycles. The van der Waals surface area contributed by atoms with Gasteiger partial charge in [-0.15, -0.1) is 0 Å². The summed E-state index contributed by atoms with van der Waals surface area (Å²) in [5, 5.41) is 2.92. The van der Waals surface area contributed by atoms with Crippen molar-refractivity contribution in [2.75, 3.05) is 0 Å². The molecule has 0 saturated carbocycles. The van der Waals surface area contributed by atoms with Crippen molar-refractivity contribution in [3.63, 3.8) is 0 Å². The molecule has 0 fully saturated rings. The lowest BCUT2D eigenvalue weighted by Crippen LogP contribution is -2.32. The number of amides is 1. The molecule has 0 saturated heterocycles. The lowest BCUT2D eigenvalue weighted by molar-refractivity contribution is 0.0547. The summed E-state index contributed by atoms with van der Waals surface area (Å²) in [7, 11) is 0. The molecular weight excluding hydrogens is 322 g/mol. The van der Waals surface area contributed by atoms with Gasteiger partial charge in [0.15, 0.2) is 0 Å². The van der Waals surface area contributed by atoms with Gasteiger partial charge in [-0.3, -0.25) is 5.32 Å². The van der Waals surface area contributed by atoms with Crippen LogP contribution in [0.5, 0.6) is 0 Å². The van der Waals surface area contributed by atoms with E-state index in [-0.39, 0.29) is 0 Å². The largest absolute Gasteiger partial charge is 0.444 e. The molecule has 140 valence electrons. The van der Waals surface area contributed by atoms with Crippen molar-refractivity contribution in [1.29, 1.82) is 0 Å². The molecule has 1 amide bonds. The van der Waals surface area contributed by atoms with Crippen molar-refractivity contribution < 1.29 is 9.53 Å². The molecule has 1 N–H and O–H groups in total. The van der Waals surface area contributed by atoms with Crippen molar-refractivity contribution in [3.8, 4) is 0 Å². The average Bonchev–Trinajstić information content (AvgIpc) is 2.59. The minimum absolute atomic E-state index is 0.349. The van der Waals surface area contributed by atoms with Crippen molar-refractivity contribution in [2.24, 2.45) is 0 Å². The van der Waals surface area contributed by atoms with Crippen LogP contribution in [0.2, 0.25) is 0 Å². The quantitative estimate of drug-likeness (QED) is 0.656. The molecule has 0 radical (unpaired) electrons. The van der Waals surface area contributed by atoms with Gasteiger partial charge in [-0.25, -0.2) is 4.79 Å². The van der Waals surface area contributed by atoms with E-state index >= 15 is 0 Å². The highest BCUT2D eigenvalue weighted by molar-refractivity contribution is 5.72. The van der Waals surface area contributed by atoms with Gasteiger partial charge in [-0.1, -0.05) is 68.3 Å². The Morgan fingerprint density at radius 3 is 2.65 bits per heavy atom. The molecule has 3 nitrogen and oxygen atoms in total. The van der Waals surface area contributed by atoms with Crippen LogP contribution < -0.4 is 5.32 Å². The van der Waals surface area contributed by atoms with E-state index in [0.29, 0.717) is 5.92 Å². The molecule has 1 unspecified atom stereocenters. The molecule has 1 aromatic carbocycles. The van der Waals surface area contributed by atoms with Crippen LogP contribution in [0.15, 0.2) is 65.9 Å². The highest BCUT2D eigenvalue weighted by Gasteiger charge is 2.19. The van der Waals surface area contributed by atoms with Gasteiger partial charge < -0.3 is 4.74 Å². The smallest absolute Gasteiger partial charge is 0.412 e. The van der Waals surface area contributed by atoms with Crippen molar-refractivity contribution in [2.45, 2.75) is 64.9 Å². The molecular formula is C23H31NO2. The fraction of sp³-hybridized carbons (Fsp3) is 0.435. The Balaban J connectivity index is 2.20. The van der Waals surface area contributed by atoms with Crippen LogP contribution in [0, 0.1) is 0 Å². The predicted octanol–water partition coefficient (Wildman–Crippen LogP) is 6.26. The number of hydrogen-bond donors (Lipinski definition) is 1. The third-order valence-electron chi connectivity index (χ3n) is 4.22. The third kappa shape index (κ3) is 6.55. The summed E-state index contributed by atoms with van der Waals surface area (Å²) in [6, 6.07) is 10.6. The van der Waals surface area contributed by atoms with Gasteiger partial charge in [0.05, 0.1) is 0 Å². The number of ether oxygens (including phenoxy) is 1. The van der Waals surface area contributed by atoms with E-state index in [1.54, 1.807) is 0 Å². The molecule has 1 aliphatic rings. The van der Waals surface area contributed by atoms with E-state index in [0.717, 1.165) is 24.1 Å². The fourth-order valence-corrected chi connectivity index (χ4v) is 2.98. The van der Waals surface area contributed by atoms with Crippen LogP contribution in [-0.4, -0.2) is 11.7 Å². The summed E-state index contributed by atoms with van der Waals surface area (Å²) in [5.41, 5.74) is 2.79. The second-order valence-electron chi connectivity index (χ2n) is 7.69. The van der Waals surface area contributed by atoms with Gasteiger partial charge in [-0.2, -0.15) is 0 Å². The molecule has 1 aromatic rings. The van der Waals surface area contributed by atoms with E-state index in [2.05, 4.69) is 48.7 Å². The number of carbonyl (C=O) groups excluding carboxylic acids is 1. The number of benzene rings is 1. The topological polar surface area (TPSA) is 38.3 Å². The maximum atomic E-state index is 12.2. The first-order valence-corrected chi connectivity index (χ1v) is 9.52. The first kappa shape index (κ1) is 20.0. The Labute approximate surface area is 157 Å². The number of carbonyl (C=O) groups is 1. The summed E-state index contributed by atoms with van der Waals surface area (Å²) >= 11 is 0. The summed E-state index contributed by atoms with van der Waals surface area (Å²) in [5.74, 6) is 0.349. The molecule has 0 aromatic heterocycles. The first-order chi connectivity index (χ1) is 12.4. The Morgan fingerprint density at radius 2 is 2.00 bits per heavy atom. The SMILES string of the molecule is CCCCC(C=C1CC=CC=C1NC(=O)OC(C)(C)C)c1ccccc1. The van der Waals surface area contributed by atoms with Crippen LogP contribution in [-0.2, 0) is 4.74 Å². The zero-order valence-electron chi connectivity index (χ0n) is 16.4. The van der Waals surface area contributed by atoms with Gasteiger partial charge in [0.25, 0.3) is 0 Å². The van der Waals surface area contributed by atoms with Gasteiger partial charge in [-0.05, 0) is 50.8 Å². The average molecular weight is 354 g/mol. The number of rotatable bonds is 6. The fourth-order valence-electron chi connectivity index (χ4n) is 2.98. The number of allylic oxidation sites excluding steroid dienone is 5. The summed E-state index contributed by atoms with van der Waals surface area (Å²) in [6.45, 7) is 7.83. The molecule has 1 aliphatic carbocycles. The Morgan fingerprint density at radius 1 is 1.27 bits per heavy atom. The highest BCUT2D eigenvalue weighted by atomic mass is 16.6.